The van der Waals surface area contributed by atoms with Crippen molar-refractivity contribution >= 4 is 17.5 Å². The van der Waals surface area contributed by atoms with Gasteiger partial charge in [0, 0.05) is 23.7 Å². The van der Waals surface area contributed by atoms with Gasteiger partial charge in [-0.05, 0) is 38.1 Å². The van der Waals surface area contributed by atoms with Crippen molar-refractivity contribution in [3.63, 3.8) is 0 Å². The molecule has 0 saturated carbocycles. The van der Waals surface area contributed by atoms with Crippen LogP contribution in [-0.2, 0) is 0 Å². The number of rotatable bonds is 5. The molecule has 0 amide bonds. The van der Waals surface area contributed by atoms with E-state index < -0.39 is 0 Å². The van der Waals surface area contributed by atoms with Gasteiger partial charge in [-0.3, -0.25) is 0 Å². The molecule has 2 heterocycles. The van der Waals surface area contributed by atoms with E-state index in [2.05, 4.69) is 25.4 Å². The summed E-state index contributed by atoms with van der Waals surface area (Å²) in [6.07, 6.45) is 5.65. The Morgan fingerprint density at radius 1 is 1.09 bits per heavy atom. The number of nitrogens with one attached hydrogen (secondary N) is 1. The Morgan fingerprint density at radius 3 is 2.64 bits per heavy atom. The Bertz CT molecular complexity index is 596. The largest absolute Gasteiger partial charge is 0.352 e. The van der Waals surface area contributed by atoms with Crippen molar-refractivity contribution in [1.29, 1.82) is 0 Å². The maximum absolute atomic E-state index is 5.91. The van der Waals surface area contributed by atoms with Crippen molar-refractivity contribution in [2.24, 2.45) is 0 Å². The first-order valence-electron chi connectivity index (χ1n) is 7.73. The third kappa shape index (κ3) is 4.15. The molecule has 1 saturated heterocycles. The van der Waals surface area contributed by atoms with E-state index in [0.29, 0.717) is 11.0 Å². The Balaban J connectivity index is 1.57. The lowest BCUT2D eigenvalue weighted by atomic mass is 10.1. The SMILES string of the molecule is Clc1ccc(-c2cnnc(NCCN3CCCCC3)n2)cc1. The summed E-state index contributed by atoms with van der Waals surface area (Å²) in [5.74, 6) is 0.574. The van der Waals surface area contributed by atoms with Crippen LogP contribution >= 0.6 is 11.6 Å². The van der Waals surface area contributed by atoms with Gasteiger partial charge in [0.1, 0.15) is 0 Å². The zero-order valence-electron chi connectivity index (χ0n) is 12.5. The van der Waals surface area contributed by atoms with Crippen LogP contribution in [0.5, 0.6) is 0 Å². The first-order valence-corrected chi connectivity index (χ1v) is 8.11. The second kappa shape index (κ2) is 7.51. The third-order valence-corrected chi connectivity index (χ3v) is 4.11. The smallest absolute Gasteiger partial charge is 0.243 e. The minimum Gasteiger partial charge on any atom is -0.352 e. The van der Waals surface area contributed by atoms with Gasteiger partial charge in [-0.1, -0.05) is 30.2 Å². The highest BCUT2D eigenvalue weighted by molar-refractivity contribution is 6.30. The van der Waals surface area contributed by atoms with Crippen LogP contribution in [0.4, 0.5) is 5.95 Å². The van der Waals surface area contributed by atoms with E-state index in [9.17, 15) is 0 Å². The molecule has 3 rings (SSSR count). The van der Waals surface area contributed by atoms with Crippen molar-refractivity contribution in [2.45, 2.75) is 19.3 Å². The van der Waals surface area contributed by atoms with Crippen LogP contribution in [0, 0.1) is 0 Å². The molecule has 1 aromatic carbocycles. The minimum atomic E-state index is 0.574. The summed E-state index contributed by atoms with van der Waals surface area (Å²) >= 11 is 5.91. The summed E-state index contributed by atoms with van der Waals surface area (Å²) in [7, 11) is 0. The first kappa shape index (κ1) is 15.2. The molecule has 0 radical (unpaired) electrons. The standard InChI is InChI=1S/C16H20ClN5/c17-14-6-4-13(5-7-14)15-12-19-21-16(20-15)18-8-11-22-9-2-1-3-10-22/h4-7,12H,1-3,8-11H2,(H,18,20,21). The molecule has 1 N–H and O–H groups in total. The van der Waals surface area contributed by atoms with Gasteiger partial charge in [0.15, 0.2) is 0 Å². The molecular formula is C16H20ClN5. The third-order valence-electron chi connectivity index (χ3n) is 3.86. The fourth-order valence-corrected chi connectivity index (χ4v) is 2.77. The van der Waals surface area contributed by atoms with Gasteiger partial charge in [0.05, 0.1) is 11.9 Å². The van der Waals surface area contributed by atoms with E-state index in [0.717, 1.165) is 24.3 Å². The fraction of sp³-hybridized carbons (Fsp3) is 0.438. The summed E-state index contributed by atoms with van der Waals surface area (Å²) in [4.78, 5) is 6.99. The van der Waals surface area contributed by atoms with E-state index in [1.54, 1.807) is 6.20 Å². The van der Waals surface area contributed by atoms with E-state index >= 15 is 0 Å². The maximum atomic E-state index is 5.91. The molecule has 1 aliphatic heterocycles. The number of halogens is 1. The summed E-state index contributed by atoms with van der Waals surface area (Å²) in [5, 5.41) is 12.1. The lowest BCUT2D eigenvalue weighted by Gasteiger charge is -2.26. The molecule has 0 spiro atoms. The summed E-state index contributed by atoms with van der Waals surface area (Å²) in [5.41, 5.74) is 1.78. The van der Waals surface area contributed by atoms with Crippen molar-refractivity contribution in [3.8, 4) is 11.3 Å². The molecule has 0 bridgehead atoms. The van der Waals surface area contributed by atoms with Crippen molar-refractivity contribution < 1.29 is 0 Å². The molecule has 0 aliphatic carbocycles. The van der Waals surface area contributed by atoms with Gasteiger partial charge >= 0.3 is 0 Å². The lowest BCUT2D eigenvalue weighted by Crippen LogP contribution is -2.33. The van der Waals surface area contributed by atoms with Crippen molar-refractivity contribution in [3.05, 3.63) is 35.5 Å². The average Bonchev–Trinajstić information content (AvgIpc) is 2.57. The highest BCUT2D eigenvalue weighted by Crippen LogP contribution is 2.19. The number of hydrogen-bond acceptors (Lipinski definition) is 5. The predicted molar refractivity (Wildman–Crippen MR) is 89.1 cm³/mol. The molecule has 1 aliphatic rings. The Hall–Kier alpha value is -1.72. The van der Waals surface area contributed by atoms with E-state index in [-0.39, 0.29) is 0 Å². The first-order chi connectivity index (χ1) is 10.8. The summed E-state index contributed by atoms with van der Waals surface area (Å²) < 4.78 is 0. The van der Waals surface area contributed by atoms with Crippen LogP contribution in [0.15, 0.2) is 30.5 Å². The van der Waals surface area contributed by atoms with Crippen molar-refractivity contribution in [2.75, 3.05) is 31.5 Å². The van der Waals surface area contributed by atoms with Gasteiger partial charge in [-0.2, -0.15) is 5.10 Å². The van der Waals surface area contributed by atoms with Crippen LogP contribution in [0.1, 0.15) is 19.3 Å². The topological polar surface area (TPSA) is 53.9 Å². The molecule has 0 unspecified atom stereocenters. The Kier molecular flexibility index (Phi) is 5.19. The maximum Gasteiger partial charge on any atom is 0.243 e. The van der Waals surface area contributed by atoms with Crippen LogP contribution in [0.3, 0.4) is 0 Å². The number of likely N-dealkylation sites (tertiary alicyclic amines) is 1. The van der Waals surface area contributed by atoms with Crippen molar-refractivity contribution in [1.82, 2.24) is 20.1 Å². The molecule has 1 fully saturated rings. The predicted octanol–water partition coefficient (Wildman–Crippen LogP) is 3.09. The van der Waals surface area contributed by atoms with Crippen LogP contribution in [-0.4, -0.2) is 46.3 Å². The molecule has 1 aromatic heterocycles. The Labute approximate surface area is 135 Å². The molecule has 116 valence electrons. The second-order valence-corrected chi connectivity index (χ2v) is 5.94. The molecule has 5 nitrogen and oxygen atoms in total. The number of anilines is 1. The zero-order chi connectivity index (χ0) is 15.2. The number of piperidine rings is 1. The molecular weight excluding hydrogens is 298 g/mol. The van der Waals surface area contributed by atoms with Crippen LogP contribution < -0.4 is 5.32 Å². The number of benzene rings is 1. The summed E-state index contributed by atoms with van der Waals surface area (Å²) in [6.45, 7) is 4.26. The number of aromatic nitrogens is 3. The molecule has 2 aromatic rings. The van der Waals surface area contributed by atoms with E-state index in [1.165, 1.54) is 32.4 Å². The van der Waals surface area contributed by atoms with E-state index in [4.69, 9.17) is 11.6 Å². The van der Waals surface area contributed by atoms with Gasteiger partial charge in [-0.15, -0.1) is 5.10 Å². The zero-order valence-corrected chi connectivity index (χ0v) is 13.3. The summed E-state index contributed by atoms with van der Waals surface area (Å²) in [6, 6.07) is 7.57. The lowest BCUT2D eigenvalue weighted by molar-refractivity contribution is 0.237. The molecule has 22 heavy (non-hydrogen) atoms. The van der Waals surface area contributed by atoms with Gasteiger partial charge in [0.2, 0.25) is 5.95 Å². The van der Waals surface area contributed by atoms with E-state index in [1.807, 2.05) is 24.3 Å². The minimum absolute atomic E-state index is 0.574. The normalized spacial score (nSPS) is 15.7. The van der Waals surface area contributed by atoms with Gasteiger partial charge in [0.25, 0.3) is 0 Å². The molecule has 0 atom stereocenters. The van der Waals surface area contributed by atoms with Crippen LogP contribution in [0.2, 0.25) is 5.02 Å². The van der Waals surface area contributed by atoms with Gasteiger partial charge in [-0.25, -0.2) is 4.98 Å². The highest BCUT2D eigenvalue weighted by Gasteiger charge is 2.09. The van der Waals surface area contributed by atoms with Crippen LogP contribution in [0.25, 0.3) is 11.3 Å². The quantitative estimate of drug-likeness (QED) is 0.918. The Morgan fingerprint density at radius 2 is 1.86 bits per heavy atom. The number of nitrogens with zero attached hydrogens (tertiary/aromatic N) is 4. The molecule has 6 heteroatoms. The number of hydrogen-bond donors (Lipinski definition) is 1. The monoisotopic (exact) mass is 317 g/mol. The highest BCUT2D eigenvalue weighted by atomic mass is 35.5. The van der Waals surface area contributed by atoms with Gasteiger partial charge < -0.3 is 10.2 Å². The second-order valence-electron chi connectivity index (χ2n) is 5.50. The fourth-order valence-electron chi connectivity index (χ4n) is 2.65. The average molecular weight is 318 g/mol.